The Morgan fingerprint density at radius 2 is 1.70 bits per heavy atom. The normalized spacial score (nSPS) is 11.6. The third-order valence-corrected chi connectivity index (χ3v) is 6.08. The maximum absolute atomic E-state index is 12.7. The van der Waals surface area contributed by atoms with E-state index >= 15 is 0 Å². The van der Waals surface area contributed by atoms with Crippen molar-refractivity contribution in [2.45, 2.75) is 32.2 Å². The number of aryl methyl sites for hydroxylation is 2. The molecule has 0 saturated carbocycles. The second kappa shape index (κ2) is 7.58. The largest absolute Gasteiger partial charge is 0.496 e. The van der Waals surface area contributed by atoms with Crippen LogP contribution in [0.4, 0.5) is 0 Å². The molecule has 5 nitrogen and oxygen atoms in total. The van der Waals surface area contributed by atoms with Crippen molar-refractivity contribution in [1.29, 1.82) is 0 Å². The van der Waals surface area contributed by atoms with Crippen molar-refractivity contribution < 1.29 is 13.2 Å². The minimum Gasteiger partial charge on any atom is -0.496 e. The highest BCUT2D eigenvalue weighted by Gasteiger charge is 2.17. The quantitative estimate of drug-likeness (QED) is 0.701. The first-order chi connectivity index (χ1) is 12.8. The number of nitrogens with zero attached hydrogens (tertiary/aromatic N) is 1. The first-order valence-electron chi connectivity index (χ1n) is 8.71. The standard InChI is InChI=1S/C21H24N2O3S/c1-15-12-20(10-11-21(15)26-4)27(24,25)22-14-18-13-16(2)23(17(18)3)19-8-6-5-7-9-19/h5-13,22H,14H2,1-4H3. The fourth-order valence-corrected chi connectivity index (χ4v) is 4.35. The molecular weight excluding hydrogens is 360 g/mol. The monoisotopic (exact) mass is 384 g/mol. The highest BCUT2D eigenvalue weighted by Crippen LogP contribution is 2.23. The lowest BCUT2D eigenvalue weighted by Crippen LogP contribution is -2.23. The Hall–Kier alpha value is -2.57. The van der Waals surface area contributed by atoms with Gasteiger partial charge in [0.25, 0.3) is 0 Å². The van der Waals surface area contributed by atoms with Crippen LogP contribution in [0, 0.1) is 20.8 Å². The summed E-state index contributed by atoms with van der Waals surface area (Å²) in [6.07, 6.45) is 0. The van der Waals surface area contributed by atoms with Crippen LogP contribution in [-0.4, -0.2) is 20.1 Å². The number of benzene rings is 2. The van der Waals surface area contributed by atoms with E-state index in [1.807, 2.05) is 57.2 Å². The molecule has 1 aromatic heterocycles. The van der Waals surface area contributed by atoms with Crippen LogP contribution in [0.3, 0.4) is 0 Å². The molecule has 1 heterocycles. The van der Waals surface area contributed by atoms with Crippen LogP contribution >= 0.6 is 0 Å². The van der Waals surface area contributed by atoms with Crippen LogP contribution < -0.4 is 9.46 Å². The van der Waals surface area contributed by atoms with Crippen molar-refractivity contribution in [3.8, 4) is 11.4 Å². The lowest BCUT2D eigenvalue weighted by Gasteiger charge is -2.11. The van der Waals surface area contributed by atoms with Crippen LogP contribution in [0.1, 0.15) is 22.5 Å². The van der Waals surface area contributed by atoms with Crippen molar-refractivity contribution in [3.63, 3.8) is 0 Å². The molecule has 0 aliphatic carbocycles. The molecule has 0 spiro atoms. The topological polar surface area (TPSA) is 60.3 Å². The Morgan fingerprint density at radius 3 is 2.33 bits per heavy atom. The molecule has 6 heteroatoms. The number of sulfonamides is 1. The number of methoxy groups -OCH3 is 1. The average Bonchev–Trinajstić information content (AvgIpc) is 2.94. The van der Waals surface area contributed by atoms with Gasteiger partial charge in [0.15, 0.2) is 0 Å². The van der Waals surface area contributed by atoms with E-state index in [1.54, 1.807) is 25.3 Å². The number of hydrogen-bond donors (Lipinski definition) is 1. The molecule has 0 atom stereocenters. The highest BCUT2D eigenvalue weighted by molar-refractivity contribution is 7.89. The van der Waals surface area contributed by atoms with E-state index in [9.17, 15) is 8.42 Å². The summed E-state index contributed by atoms with van der Waals surface area (Å²) in [7, 11) is -2.04. The molecule has 0 aliphatic rings. The summed E-state index contributed by atoms with van der Waals surface area (Å²) in [6, 6.07) is 16.9. The Labute approximate surface area is 160 Å². The minimum atomic E-state index is -3.61. The van der Waals surface area contributed by atoms with Crippen LogP contribution in [-0.2, 0) is 16.6 Å². The molecule has 0 bridgehead atoms. The predicted octanol–water partition coefficient (Wildman–Crippen LogP) is 3.89. The summed E-state index contributed by atoms with van der Waals surface area (Å²) in [6.45, 7) is 6.08. The summed E-state index contributed by atoms with van der Waals surface area (Å²) in [5.74, 6) is 0.667. The maximum Gasteiger partial charge on any atom is 0.240 e. The summed E-state index contributed by atoms with van der Waals surface area (Å²) >= 11 is 0. The van der Waals surface area contributed by atoms with Crippen molar-refractivity contribution in [3.05, 3.63) is 77.1 Å². The maximum atomic E-state index is 12.7. The fraction of sp³-hybridized carbons (Fsp3) is 0.238. The molecule has 3 aromatic rings. The van der Waals surface area contributed by atoms with Crippen molar-refractivity contribution in [2.75, 3.05) is 7.11 Å². The van der Waals surface area contributed by atoms with Crippen LogP contribution in [0.5, 0.6) is 5.75 Å². The number of para-hydroxylation sites is 1. The first kappa shape index (κ1) is 19.2. The molecule has 0 radical (unpaired) electrons. The third kappa shape index (κ3) is 3.91. The van der Waals surface area contributed by atoms with Gasteiger partial charge in [0.2, 0.25) is 10.0 Å². The molecule has 0 unspecified atom stereocenters. The van der Waals surface area contributed by atoms with E-state index in [0.717, 1.165) is 28.2 Å². The molecule has 2 aromatic carbocycles. The zero-order valence-corrected chi connectivity index (χ0v) is 16.8. The molecule has 142 valence electrons. The van der Waals surface area contributed by atoms with Gasteiger partial charge in [-0.15, -0.1) is 0 Å². The Morgan fingerprint density at radius 1 is 1.00 bits per heavy atom. The number of hydrogen-bond acceptors (Lipinski definition) is 3. The number of aromatic nitrogens is 1. The lowest BCUT2D eigenvalue weighted by atomic mass is 10.2. The third-order valence-electron chi connectivity index (χ3n) is 4.68. The van der Waals surface area contributed by atoms with Gasteiger partial charge in [0.1, 0.15) is 5.75 Å². The number of ether oxygens (including phenoxy) is 1. The summed E-state index contributed by atoms with van der Waals surface area (Å²) in [5, 5.41) is 0. The highest BCUT2D eigenvalue weighted by atomic mass is 32.2. The van der Waals surface area contributed by atoms with Gasteiger partial charge in [-0.05, 0) is 68.3 Å². The molecule has 0 amide bonds. The Balaban J connectivity index is 1.84. The van der Waals surface area contributed by atoms with Crippen LogP contribution in [0.25, 0.3) is 5.69 Å². The van der Waals surface area contributed by atoms with Crippen molar-refractivity contribution in [1.82, 2.24) is 9.29 Å². The lowest BCUT2D eigenvalue weighted by molar-refractivity contribution is 0.411. The van der Waals surface area contributed by atoms with E-state index in [-0.39, 0.29) is 11.4 Å². The van der Waals surface area contributed by atoms with Gasteiger partial charge in [-0.3, -0.25) is 0 Å². The van der Waals surface area contributed by atoms with E-state index in [1.165, 1.54) is 0 Å². The SMILES string of the molecule is COc1ccc(S(=O)(=O)NCc2cc(C)n(-c3ccccc3)c2C)cc1C. The van der Waals surface area contributed by atoms with Gasteiger partial charge in [-0.1, -0.05) is 18.2 Å². The zero-order valence-electron chi connectivity index (χ0n) is 16.0. The van der Waals surface area contributed by atoms with Gasteiger partial charge in [-0.25, -0.2) is 13.1 Å². The van der Waals surface area contributed by atoms with Gasteiger partial charge in [0.05, 0.1) is 12.0 Å². The molecule has 0 aliphatic heterocycles. The van der Waals surface area contributed by atoms with Gasteiger partial charge < -0.3 is 9.30 Å². The second-order valence-electron chi connectivity index (χ2n) is 6.52. The summed E-state index contributed by atoms with van der Waals surface area (Å²) < 4.78 is 35.4. The van der Waals surface area contributed by atoms with Crippen molar-refractivity contribution in [2.24, 2.45) is 0 Å². The zero-order chi connectivity index (χ0) is 19.6. The van der Waals surface area contributed by atoms with Gasteiger partial charge in [0, 0.05) is 23.6 Å². The second-order valence-corrected chi connectivity index (χ2v) is 8.29. The Bertz CT molecular complexity index is 1050. The van der Waals surface area contributed by atoms with E-state index in [2.05, 4.69) is 9.29 Å². The number of rotatable bonds is 6. The first-order valence-corrected chi connectivity index (χ1v) is 10.2. The van der Waals surface area contributed by atoms with Crippen LogP contribution in [0.15, 0.2) is 59.5 Å². The molecular formula is C21H24N2O3S. The fourth-order valence-electron chi connectivity index (χ4n) is 3.26. The van der Waals surface area contributed by atoms with E-state index in [4.69, 9.17) is 4.74 Å². The summed E-state index contributed by atoms with van der Waals surface area (Å²) in [5.41, 5.74) is 4.88. The molecule has 3 rings (SSSR count). The number of nitrogens with one attached hydrogen (secondary N) is 1. The van der Waals surface area contributed by atoms with Gasteiger partial charge >= 0.3 is 0 Å². The molecule has 0 saturated heterocycles. The summed E-state index contributed by atoms with van der Waals surface area (Å²) in [4.78, 5) is 0.234. The van der Waals surface area contributed by atoms with E-state index in [0.29, 0.717) is 5.75 Å². The molecule has 1 N–H and O–H groups in total. The van der Waals surface area contributed by atoms with E-state index < -0.39 is 10.0 Å². The Kier molecular flexibility index (Phi) is 5.39. The van der Waals surface area contributed by atoms with Gasteiger partial charge in [-0.2, -0.15) is 0 Å². The minimum absolute atomic E-state index is 0.234. The molecule has 0 fully saturated rings. The molecule has 27 heavy (non-hydrogen) atoms. The van der Waals surface area contributed by atoms with Crippen LogP contribution in [0.2, 0.25) is 0 Å². The average molecular weight is 385 g/mol. The smallest absolute Gasteiger partial charge is 0.240 e. The predicted molar refractivity (Wildman–Crippen MR) is 107 cm³/mol. The van der Waals surface area contributed by atoms with Crippen molar-refractivity contribution >= 4 is 10.0 Å².